The maximum absolute atomic E-state index is 14.4. The van der Waals surface area contributed by atoms with Crippen molar-refractivity contribution in [3.8, 4) is 0 Å². The number of nitrogens with one attached hydrogen (secondary N) is 4. The molecular weight excluding hydrogens is 598 g/mol. The number of piperidine rings is 1. The van der Waals surface area contributed by atoms with Gasteiger partial charge in [0.15, 0.2) is 5.78 Å². The quantitative estimate of drug-likeness (QED) is 0.167. The summed E-state index contributed by atoms with van der Waals surface area (Å²) in [5.41, 5.74) is -0.874. The van der Waals surface area contributed by atoms with Crippen LogP contribution in [0.2, 0.25) is 0 Å². The van der Waals surface area contributed by atoms with Crippen molar-refractivity contribution >= 4 is 35.3 Å². The highest BCUT2D eigenvalue weighted by atomic mass is 16.2. The molecule has 1 aliphatic heterocycles. The van der Waals surface area contributed by atoms with E-state index in [-0.39, 0.29) is 53.2 Å². The van der Waals surface area contributed by atoms with Crippen LogP contribution in [0, 0.1) is 40.4 Å². The topological polar surface area (TPSA) is 154 Å². The van der Waals surface area contributed by atoms with Gasteiger partial charge in [0.05, 0.1) is 12.1 Å². The summed E-state index contributed by atoms with van der Waals surface area (Å²) in [4.78, 5) is 82.6. The lowest BCUT2D eigenvalue weighted by Crippen LogP contribution is -2.62. The van der Waals surface area contributed by atoms with Crippen LogP contribution in [0.4, 0.5) is 4.79 Å². The Hall–Kier alpha value is -3.24. The van der Waals surface area contributed by atoms with Crippen LogP contribution in [-0.2, 0) is 24.0 Å². The standard InChI is InChI=1S/C36H55N5O6/c1-7-17-37-32(45)29(43)24(18-20-13-14-20)38-31(44)27-25-23(36(25,5)6)19-41(27)33(46)30(35(2,3)4)40-34(47)39-26(28(42)22-15-16-22)21-11-9-8-10-12-21/h7,20-27,30H,1,8-19H2,2-6H3,(H,37,45)(H,38,44)(H2,39,40,47)/t23-,24?,25-,26-,27-,30+/m0/s1. The van der Waals surface area contributed by atoms with Gasteiger partial charge in [-0.25, -0.2) is 4.79 Å². The highest BCUT2D eigenvalue weighted by Crippen LogP contribution is 2.65. The minimum absolute atomic E-state index is 0.00454. The number of hydrogen-bond donors (Lipinski definition) is 4. The van der Waals surface area contributed by atoms with E-state index in [1.165, 1.54) is 6.08 Å². The smallest absolute Gasteiger partial charge is 0.316 e. The Morgan fingerprint density at radius 2 is 1.57 bits per heavy atom. The second-order valence-corrected chi connectivity index (χ2v) is 16.5. The van der Waals surface area contributed by atoms with Crippen LogP contribution in [0.3, 0.4) is 0 Å². The van der Waals surface area contributed by atoms with Crippen molar-refractivity contribution < 1.29 is 28.8 Å². The molecule has 0 radical (unpaired) electrons. The number of amides is 5. The number of carbonyl (C=O) groups excluding carboxylic acids is 6. The molecule has 1 unspecified atom stereocenters. The number of urea groups is 1. The van der Waals surface area contributed by atoms with E-state index in [2.05, 4.69) is 41.7 Å². The van der Waals surface area contributed by atoms with Crippen molar-refractivity contribution in [1.29, 1.82) is 0 Å². The minimum Gasteiger partial charge on any atom is -0.346 e. The van der Waals surface area contributed by atoms with Crippen molar-refractivity contribution in [3.63, 3.8) is 0 Å². The SMILES string of the molecule is C=CCNC(=O)C(=O)C(CC1CC1)NC(=O)[C@@H]1[C@@H]2[C@H](CN1C(=O)[C@@H](NC(=O)N[C@H](C(=O)C1CC1)C1CCCCC1)C(C)(C)C)C2(C)C. The molecule has 11 nitrogen and oxygen atoms in total. The van der Waals surface area contributed by atoms with Gasteiger partial charge in [-0.3, -0.25) is 24.0 Å². The van der Waals surface area contributed by atoms with E-state index in [0.717, 1.165) is 57.8 Å². The number of hydrogen-bond acceptors (Lipinski definition) is 6. The number of fused-ring (bicyclic) bond motifs is 1. The highest BCUT2D eigenvalue weighted by molar-refractivity contribution is 6.38. The van der Waals surface area contributed by atoms with Gasteiger partial charge in [0.25, 0.3) is 5.91 Å². The molecule has 6 atom stereocenters. The zero-order valence-corrected chi connectivity index (χ0v) is 28.9. The summed E-state index contributed by atoms with van der Waals surface area (Å²) >= 11 is 0. The number of carbonyl (C=O) groups is 6. The monoisotopic (exact) mass is 653 g/mol. The molecule has 0 aromatic rings. The third kappa shape index (κ3) is 7.91. The van der Waals surface area contributed by atoms with Crippen LogP contribution in [-0.4, -0.2) is 77.5 Å². The zero-order chi connectivity index (χ0) is 34.3. The first kappa shape index (κ1) is 35.1. The third-order valence-corrected chi connectivity index (χ3v) is 11.4. The van der Waals surface area contributed by atoms with Gasteiger partial charge < -0.3 is 26.2 Å². The molecule has 0 aromatic heterocycles. The zero-order valence-electron chi connectivity index (χ0n) is 28.9. The summed E-state index contributed by atoms with van der Waals surface area (Å²) in [5.74, 6) is -1.84. The average Bonchev–Trinajstić information content (AvgIpc) is 3.98. The summed E-state index contributed by atoms with van der Waals surface area (Å²) in [7, 11) is 0. The van der Waals surface area contributed by atoms with Crippen molar-refractivity contribution in [3.05, 3.63) is 12.7 Å². The van der Waals surface area contributed by atoms with Crippen LogP contribution < -0.4 is 21.3 Å². The van der Waals surface area contributed by atoms with Gasteiger partial charge in [0, 0.05) is 19.0 Å². The molecule has 0 spiro atoms. The maximum atomic E-state index is 14.4. The first-order valence-corrected chi connectivity index (χ1v) is 17.8. The van der Waals surface area contributed by atoms with Gasteiger partial charge >= 0.3 is 6.03 Å². The van der Waals surface area contributed by atoms with Crippen LogP contribution in [0.15, 0.2) is 12.7 Å². The lowest BCUT2D eigenvalue weighted by atomic mass is 9.81. The van der Waals surface area contributed by atoms with Crippen molar-refractivity contribution in [1.82, 2.24) is 26.2 Å². The van der Waals surface area contributed by atoms with Crippen LogP contribution in [0.5, 0.6) is 0 Å². The predicted molar refractivity (Wildman–Crippen MR) is 177 cm³/mol. The number of likely N-dealkylation sites (tertiary alicyclic amines) is 1. The summed E-state index contributed by atoms with van der Waals surface area (Å²) in [6.07, 6.45) is 10.5. The third-order valence-electron chi connectivity index (χ3n) is 11.4. The fourth-order valence-corrected chi connectivity index (χ4v) is 8.04. The fourth-order valence-electron chi connectivity index (χ4n) is 8.04. The predicted octanol–water partition coefficient (Wildman–Crippen LogP) is 3.27. The Bertz CT molecular complexity index is 1270. The minimum atomic E-state index is -0.985. The molecule has 4 saturated carbocycles. The number of Topliss-reactive ketones (excluding diaryl/α,β-unsaturated/α-hetero) is 2. The molecule has 4 aliphatic carbocycles. The van der Waals surface area contributed by atoms with Gasteiger partial charge in [-0.1, -0.05) is 72.8 Å². The van der Waals surface area contributed by atoms with Crippen LogP contribution in [0.25, 0.3) is 0 Å². The molecular formula is C36H55N5O6. The van der Waals surface area contributed by atoms with Gasteiger partial charge in [-0.2, -0.15) is 0 Å². The van der Waals surface area contributed by atoms with E-state index >= 15 is 0 Å². The molecule has 5 aliphatic rings. The molecule has 5 amide bonds. The first-order chi connectivity index (χ1) is 22.1. The molecule has 47 heavy (non-hydrogen) atoms. The second kappa shape index (κ2) is 13.7. The molecule has 260 valence electrons. The molecule has 5 rings (SSSR count). The van der Waals surface area contributed by atoms with Crippen molar-refractivity contribution in [2.24, 2.45) is 40.4 Å². The fraction of sp³-hybridized carbons (Fsp3) is 0.778. The van der Waals surface area contributed by atoms with Crippen molar-refractivity contribution in [2.45, 2.75) is 123 Å². The van der Waals surface area contributed by atoms with Gasteiger partial charge in [0.1, 0.15) is 12.1 Å². The van der Waals surface area contributed by atoms with Gasteiger partial charge in [-0.05, 0) is 66.6 Å². The molecule has 4 N–H and O–H groups in total. The highest BCUT2D eigenvalue weighted by Gasteiger charge is 2.70. The molecule has 11 heteroatoms. The van der Waals surface area contributed by atoms with E-state index in [0.29, 0.717) is 13.0 Å². The number of ketones is 2. The molecule has 0 bridgehead atoms. The van der Waals surface area contributed by atoms with E-state index in [1.54, 1.807) is 4.90 Å². The lowest BCUT2D eigenvalue weighted by Gasteiger charge is -2.38. The Balaban J connectivity index is 1.32. The normalized spacial score (nSPS) is 27.0. The molecule has 5 fully saturated rings. The second-order valence-electron chi connectivity index (χ2n) is 16.5. The largest absolute Gasteiger partial charge is 0.346 e. The Morgan fingerprint density at radius 1 is 0.915 bits per heavy atom. The van der Waals surface area contributed by atoms with Gasteiger partial charge in [0.2, 0.25) is 17.6 Å². The molecule has 1 heterocycles. The Labute approximate surface area is 279 Å². The van der Waals surface area contributed by atoms with Gasteiger partial charge in [-0.15, -0.1) is 6.58 Å². The van der Waals surface area contributed by atoms with E-state index in [4.69, 9.17) is 0 Å². The lowest BCUT2D eigenvalue weighted by molar-refractivity contribution is -0.145. The molecule has 1 saturated heterocycles. The van der Waals surface area contributed by atoms with Crippen LogP contribution >= 0.6 is 0 Å². The number of rotatable bonds is 14. The number of nitrogens with zero attached hydrogens (tertiary/aromatic N) is 1. The summed E-state index contributed by atoms with van der Waals surface area (Å²) in [5, 5.41) is 11.3. The Morgan fingerprint density at radius 3 is 2.15 bits per heavy atom. The van der Waals surface area contributed by atoms with E-state index < -0.39 is 53.2 Å². The first-order valence-electron chi connectivity index (χ1n) is 17.8. The van der Waals surface area contributed by atoms with E-state index in [1.807, 2.05) is 20.8 Å². The van der Waals surface area contributed by atoms with E-state index in [9.17, 15) is 28.8 Å². The van der Waals surface area contributed by atoms with Crippen molar-refractivity contribution in [2.75, 3.05) is 13.1 Å². The Kier molecular flexibility index (Phi) is 10.2. The average molecular weight is 654 g/mol. The van der Waals surface area contributed by atoms with Crippen LogP contribution in [0.1, 0.15) is 98.8 Å². The summed E-state index contributed by atoms with van der Waals surface area (Å²) in [6.45, 7) is 13.8. The maximum Gasteiger partial charge on any atom is 0.316 e. The summed E-state index contributed by atoms with van der Waals surface area (Å²) in [6, 6.07) is -3.90. The summed E-state index contributed by atoms with van der Waals surface area (Å²) < 4.78 is 0. The molecule has 0 aromatic carbocycles.